The molecule has 1 aliphatic heterocycles. The van der Waals surface area contributed by atoms with Gasteiger partial charge >= 0.3 is 0 Å². The van der Waals surface area contributed by atoms with Gasteiger partial charge in [0.15, 0.2) is 0 Å². The van der Waals surface area contributed by atoms with Crippen molar-refractivity contribution in [3.8, 4) is 0 Å². The minimum absolute atomic E-state index is 0.0657. The molecular formula is C14H19Cl2N3O5S2. The van der Waals surface area contributed by atoms with Crippen LogP contribution in [0.15, 0.2) is 23.1 Å². The molecule has 1 aromatic carbocycles. The van der Waals surface area contributed by atoms with Gasteiger partial charge in [0.25, 0.3) is 0 Å². The maximum absolute atomic E-state index is 12.6. The van der Waals surface area contributed by atoms with Crippen LogP contribution in [0.5, 0.6) is 0 Å². The van der Waals surface area contributed by atoms with Crippen LogP contribution in [0.2, 0.25) is 10.0 Å². The van der Waals surface area contributed by atoms with Crippen LogP contribution in [0.4, 0.5) is 0 Å². The third-order valence-corrected chi connectivity index (χ3v) is 7.86. The first kappa shape index (κ1) is 21.4. The molecule has 1 amide bonds. The lowest BCUT2D eigenvalue weighted by Crippen LogP contribution is -2.52. The van der Waals surface area contributed by atoms with E-state index in [4.69, 9.17) is 23.2 Å². The predicted octanol–water partition coefficient (Wildman–Crippen LogP) is 0.718. The van der Waals surface area contributed by atoms with Gasteiger partial charge in [0.1, 0.15) is 0 Å². The maximum Gasteiger partial charge on any atom is 0.243 e. The molecule has 0 bridgehead atoms. The molecule has 0 radical (unpaired) electrons. The van der Waals surface area contributed by atoms with Crippen molar-refractivity contribution in [2.24, 2.45) is 0 Å². The summed E-state index contributed by atoms with van der Waals surface area (Å²) in [6.45, 7) is 0.447. The highest BCUT2D eigenvalue weighted by molar-refractivity contribution is 7.89. The van der Waals surface area contributed by atoms with Gasteiger partial charge in [-0.05, 0) is 18.2 Å². The van der Waals surface area contributed by atoms with Crippen molar-refractivity contribution in [2.45, 2.75) is 4.90 Å². The Morgan fingerprint density at radius 3 is 2.15 bits per heavy atom. The van der Waals surface area contributed by atoms with Crippen LogP contribution >= 0.6 is 23.2 Å². The summed E-state index contributed by atoms with van der Waals surface area (Å²) >= 11 is 11.7. The lowest BCUT2D eigenvalue weighted by molar-refractivity contribution is -0.132. The molecular weight excluding hydrogens is 425 g/mol. The van der Waals surface area contributed by atoms with E-state index in [0.29, 0.717) is 0 Å². The molecule has 8 nitrogen and oxygen atoms in total. The molecule has 0 atom stereocenters. The minimum atomic E-state index is -3.91. The van der Waals surface area contributed by atoms with E-state index in [1.54, 1.807) is 0 Å². The smallest absolute Gasteiger partial charge is 0.243 e. The number of rotatable bonds is 5. The molecule has 26 heavy (non-hydrogen) atoms. The normalized spacial score (nSPS) is 16.9. The summed E-state index contributed by atoms with van der Waals surface area (Å²) in [4.78, 5) is 13.7. The highest BCUT2D eigenvalue weighted by Gasteiger charge is 2.29. The van der Waals surface area contributed by atoms with Gasteiger partial charge in [-0.15, -0.1) is 0 Å². The fourth-order valence-corrected chi connectivity index (χ4v) is 4.80. The van der Waals surface area contributed by atoms with Gasteiger partial charge in [-0.3, -0.25) is 4.79 Å². The summed E-state index contributed by atoms with van der Waals surface area (Å²) in [6, 6.07) is 3.91. The number of nitrogens with zero attached hydrogens (tertiary/aromatic N) is 3. The third-order valence-electron chi connectivity index (χ3n) is 4.02. The minimum Gasteiger partial charge on any atom is -0.339 e. The molecule has 146 valence electrons. The molecule has 1 heterocycles. The lowest BCUT2D eigenvalue weighted by Gasteiger charge is -2.34. The van der Waals surface area contributed by atoms with Gasteiger partial charge in [0.05, 0.1) is 27.7 Å². The standard InChI is InChI=1S/C14H19Cl2N3O5S2/c1-17(26(23,24)11-3-4-12(15)13(16)9-11)10-14(20)18-5-7-19(8-6-18)25(2,21)22/h3-4,9H,5-8,10H2,1-2H3. The Morgan fingerprint density at radius 2 is 1.65 bits per heavy atom. The second kappa shape index (κ2) is 7.99. The largest absolute Gasteiger partial charge is 0.339 e. The van der Waals surface area contributed by atoms with E-state index in [1.165, 1.54) is 34.5 Å². The van der Waals surface area contributed by atoms with E-state index in [9.17, 15) is 21.6 Å². The van der Waals surface area contributed by atoms with Crippen molar-refractivity contribution in [1.29, 1.82) is 0 Å². The summed E-state index contributed by atoms with van der Waals surface area (Å²) in [5.41, 5.74) is 0. The van der Waals surface area contributed by atoms with Crippen LogP contribution in [0.25, 0.3) is 0 Å². The Morgan fingerprint density at radius 1 is 1.08 bits per heavy atom. The van der Waals surface area contributed by atoms with E-state index in [2.05, 4.69) is 0 Å². The zero-order valence-corrected chi connectivity index (χ0v) is 17.4. The Bertz CT molecular complexity index is 897. The van der Waals surface area contributed by atoms with Gasteiger partial charge in [-0.25, -0.2) is 16.8 Å². The summed E-state index contributed by atoms with van der Waals surface area (Å²) in [6.07, 6.45) is 1.11. The Hall–Kier alpha value is -0.910. The van der Waals surface area contributed by atoms with Crippen LogP contribution in [-0.4, -0.2) is 82.3 Å². The average molecular weight is 444 g/mol. The number of amides is 1. The molecule has 12 heteroatoms. The van der Waals surface area contributed by atoms with Crippen LogP contribution in [0.3, 0.4) is 0 Å². The number of likely N-dealkylation sites (N-methyl/N-ethyl adjacent to an activating group) is 1. The first-order valence-electron chi connectivity index (χ1n) is 7.57. The maximum atomic E-state index is 12.6. The van der Waals surface area contributed by atoms with Crippen molar-refractivity contribution in [3.63, 3.8) is 0 Å². The SMILES string of the molecule is CN(CC(=O)N1CCN(S(C)(=O)=O)CC1)S(=O)(=O)c1ccc(Cl)c(Cl)c1. The van der Waals surface area contributed by atoms with Crippen molar-refractivity contribution in [3.05, 3.63) is 28.2 Å². The summed E-state index contributed by atoms with van der Waals surface area (Å²) in [5.74, 6) is -0.399. The molecule has 1 aromatic rings. The van der Waals surface area contributed by atoms with Crippen LogP contribution in [-0.2, 0) is 24.8 Å². The monoisotopic (exact) mass is 443 g/mol. The van der Waals surface area contributed by atoms with Crippen LogP contribution < -0.4 is 0 Å². The Kier molecular flexibility index (Phi) is 6.57. The first-order valence-corrected chi connectivity index (χ1v) is 11.6. The summed E-state index contributed by atoms with van der Waals surface area (Å²) < 4.78 is 50.3. The van der Waals surface area contributed by atoms with Gasteiger partial charge < -0.3 is 4.90 Å². The van der Waals surface area contributed by atoms with E-state index >= 15 is 0 Å². The third kappa shape index (κ3) is 4.87. The van der Waals surface area contributed by atoms with Gasteiger partial charge in [-0.2, -0.15) is 8.61 Å². The van der Waals surface area contributed by atoms with E-state index in [1.807, 2.05) is 0 Å². The van der Waals surface area contributed by atoms with Crippen molar-refractivity contribution >= 4 is 49.2 Å². The van der Waals surface area contributed by atoms with E-state index in [-0.39, 0.29) is 47.7 Å². The zero-order chi connectivity index (χ0) is 19.7. The summed E-state index contributed by atoms with van der Waals surface area (Å²) in [7, 11) is -5.91. The highest BCUT2D eigenvalue weighted by atomic mass is 35.5. The Balaban J connectivity index is 2.03. The van der Waals surface area contributed by atoms with Gasteiger partial charge in [-0.1, -0.05) is 23.2 Å². The number of benzene rings is 1. The fourth-order valence-electron chi connectivity index (χ4n) is 2.46. The predicted molar refractivity (Wildman–Crippen MR) is 99.3 cm³/mol. The number of sulfonamides is 2. The number of hydrogen-bond donors (Lipinski definition) is 0. The number of hydrogen-bond acceptors (Lipinski definition) is 5. The topological polar surface area (TPSA) is 95.1 Å². The molecule has 0 aliphatic carbocycles. The molecule has 2 rings (SSSR count). The van der Waals surface area contributed by atoms with Gasteiger partial charge in [0.2, 0.25) is 26.0 Å². The Labute approximate surface area is 163 Å². The molecule has 1 fully saturated rings. The van der Waals surface area contributed by atoms with Crippen molar-refractivity contribution in [2.75, 3.05) is 46.0 Å². The van der Waals surface area contributed by atoms with E-state index < -0.39 is 26.0 Å². The van der Waals surface area contributed by atoms with Crippen LogP contribution in [0.1, 0.15) is 0 Å². The molecule has 0 aromatic heterocycles. The molecule has 1 aliphatic rings. The molecule has 0 spiro atoms. The second-order valence-electron chi connectivity index (χ2n) is 5.88. The van der Waals surface area contributed by atoms with Gasteiger partial charge in [0, 0.05) is 33.2 Å². The number of piperazine rings is 1. The molecule has 0 saturated carbocycles. The first-order chi connectivity index (χ1) is 11.9. The quantitative estimate of drug-likeness (QED) is 0.667. The number of carbonyl (C=O) groups is 1. The number of halogens is 2. The second-order valence-corrected chi connectivity index (χ2v) is 10.7. The van der Waals surface area contributed by atoms with Crippen LogP contribution in [0, 0.1) is 0 Å². The lowest BCUT2D eigenvalue weighted by atomic mass is 10.3. The summed E-state index contributed by atoms with van der Waals surface area (Å²) in [5, 5.41) is 0.331. The number of carbonyl (C=O) groups excluding carboxylic acids is 1. The molecule has 0 unspecified atom stereocenters. The highest BCUT2D eigenvalue weighted by Crippen LogP contribution is 2.26. The molecule has 1 saturated heterocycles. The van der Waals surface area contributed by atoms with E-state index in [0.717, 1.165) is 10.6 Å². The average Bonchev–Trinajstić information content (AvgIpc) is 2.56. The zero-order valence-electron chi connectivity index (χ0n) is 14.2. The van der Waals surface area contributed by atoms with Crippen molar-refractivity contribution in [1.82, 2.24) is 13.5 Å². The molecule has 0 N–H and O–H groups in total. The van der Waals surface area contributed by atoms with Crippen molar-refractivity contribution < 1.29 is 21.6 Å². The fraction of sp³-hybridized carbons (Fsp3) is 0.500.